The second kappa shape index (κ2) is 9.25. The van der Waals surface area contributed by atoms with Crippen molar-refractivity contribution >= 4 is 22.6 Å². The summed E-state index contributed by atoms with van der Waals surface area (Å²) in [5, 5.41) is 0. The van der Waals surface area contributed by atoms with Crippen molar-refractivity contribution in [1.29, 1.82) is 0 Å². The Balaban J connectivity index is 1.46. The maximum Gasteiger partial charge on any atom is 0.157 e. The minimum atomic E-state index is -0.0666. The SMILES string of the molecule is Ic1cc(Oc2ccccc2)ccc1OCCOC1CCCCO1. The molecule has 5 heteroatoms. The molecule has 4 nitrogen and oxygen atoms in total. The molecule has 2 aromatic carbocycles. The number of hydrogen-bond donors (Lipinski definition) is 0. The van der Waals surface area contributed by atoms with Crippen molar-refractivity contribution in [2.45, 2.75) is 25.6 Å². The van der Waals surface area contributed by atoms with Crippen molar-refractivity contribution in [1.82, 2.24) is 0 Å². The van der Waals surface area contributed by atoms with E-state index in [1.54, 1.807) is 0 Å². The predicted molar refractivity (Wildman–Crippen MR) is 101 cm³/mol. The highest BCUT2D eigenvalue weighted by molar-refractivity contribution is 14.1. The van der Waals surface area contributed by atoms with Crippen molar-refractivity contribution in [3.63, 3.8) is 0 Å². The van der Waals surface area contributed by atoms with Crippen molar-refractivity contribution in [2.75, 3.05) is 19.8 Å². The largest absolute Gasteiger partial charge is 0.490 e. The maximum absolute atomic E-state index is 5.82. The average Bonchev–Trinajstić information content (AvgIpc) is 2.62. The van der Waals surface area contributed by atoms with E-state index in [0.717, 1.165) is 40.3 Å². The molecule has 1 aliphatic rings. The highest BCUT2D eigenvalue weighted by Crippen LogP contribution is 2.28. The normalized spacial score (nSPS) is 17.5. The summed E-state index contributed by atoms with van der Waals surface area (Å²) in [5.74, 6) is 2.46. The zero-order valence-electron chi connectivity index (χ0n) is 13.4. The predicted octanol–water partition coefficient (Wildman–Crippen LogP) is 5.01. The summed E-state index contributed by atoms with van der Waals surface area (Å²) in [7, 11) is 0. The Hall–Kier alpha value is -1.31. The summed E-state index contributed by atoms with van der Waals surface area (Å²) in [6.07, 6.45) is 3.21. The lowest BCUT2D eigenvalue weighted by molar-refractivity contribution is -0.165. The van der Waals surface area contributed by atoms with E-state index >= 15 is 0 Å². The molecule has 1 aliphatic heterocycles. The van der Waals surface area contributed by atoms with Gasteiger partial charge < -0.3 is 18.9 Å². The van der Waals surface area contributed by atoms with Crippen LogP contribution in [-0.2, 0) is 9.47 Å². The Kier molecular flexibility index (Phi) is 6.75. The third-order valence-electron chi connectivity index (χ3n) is 3.66. The molecule has 24 heavy (non-hydrogen) atoms. The van der Waals surface area contributed by atoms with Crippen LogP contribution in [0.5, 0.6) is 17.2 Å². The number of rotatable bonds is 7. The third kappa shape index (κ3) is 5.36. The molecule has 0 aliphatic carbocycles. The number of para-hydroxylation sites is 1. The monoisotopic (exact) mass is 440 g/mol. The number of ether oxygens (including phenoxy) is 4. The van der Waals surface area contributed by atoms with Gasteiger partial charge in [-0.3, -0.25) is 0 Å². The van der Waals surface area contributed by atoms with Crippen LogP contribution in [0.4, 0.5) is 0 Å². The molecule has 1 atom stereocenters. The highest BCUT2D eigenvalue weighted by atomic mass is 127. The first-order valence-electron chi connectivity index (χ1n) is 8.20. The van der Waals surface area contributed by atoms with Crippen LogP contribution < -0.4 is 9.47 Å². The topological polar surface area (TPSA) is 36.9 Å². The summed E-state index contributed by atoms with van der Waals surface area (Å²) in [5.41, 5.74) is 0. The van der Waals surface area contributed by atoms with E-state index in [0.29, 0.717) is 13.2 Å². The Morgan fingerprint density at radius 3 is 2.62 bits per heavy atom. The van der Waals surface area contributed by atoms with Crippen LogP contribution in [0.2, 0.25) is 0 Å². The van der Waals surface area contributed by atoms with Gasteiger partial charge in [-0.2, -0.15) is 0 Å². The Labute approximate surface area is 156 Å². The minimum Gasteiger partial charge on any atom is -0.490 e. The molecule has 0 N–H and O–H groups in total. The van der Waals surface area contributed by atoms with E-state index in [9.17, 15) is 0 Å². The molecule has 0 spiro atoms. The van der Waals surface area contributed by atoms with Crippen LogP contribution in [0.25, 0.3) is 0 Å². The fourth-order valence-corrected chi connectivity index (χ4v) is 3.10. The van der Waals surface area contributed by atoms with Crippen LogP contribution in [0.15, 0.2) is 48.5 Å². The average molecular weight is 440 g/mol. The zero-order chi connectivity index (χ0) is 16.6. The molecule has 3 rings (SSSR count). The fourth-order valence-electron chi connectivity index (χ4n) is 2.46. The summed E-state index contributed by atoms with van der Waals surface area (Å²) >= 11 is 2.25. The van der Waals surface area contributed by atoms with Gasteiger partial charge in [-0.05, 0) is 72.2 Å². The zero-order valence-corrected chi connectivity index (χ0v) is 15.6. The van der Waals surface area contributed by atoms with Crippen molar-refractivity contribution < 1.29 is 18.9 Å². The van der Waals surface area contributed by atoms with Gasteiger partial charge in [0.15, 0.2) is 6.29 Å². The van der Waals surface area contributed by atoms with Gasteiger partial charge in [-0.15, -0.1) is 0 Å². The third-order valence-corrected chi connectivity index (χ3v) is 4.51. The van der Waals surface area contributed by atoms with Gasteiger partial charge >= 0.3 is 0 Å². The Morgan fingerprint density at radius 2 is 1.88 bits per heavy atom. The van der Waals surface area contributed by atoms with Gasteiger partial charge in [-0.25, -0.2) is 0 Å². The first-order valence-corrected chi connectivity index (χ1v) is 9.27. The van der Waals surface area contributed by atoms with Gasteiger partial charge in [0.1, 0.15) is 23.9 Å². The number of benzene rings is 2. The summed E-state index contributed by atoms with van der Waals surface area (Å²) < 4.78 is 23.8. The second-order valence-corrected chi connectivity index (χ2v) is 6.68. The molecule has 128 valence electrons. The van der Waals surface area contributed by atoms with Crippen LogP contribution >= 0.6 is 22.6 Å². The summed E-state index contributed by atoms with van der Waals surface area (Å²) in [4.78, 5) is 0. The smallest absolute Gasteiger partial charge is 0.157 e. The van der Waals surface area contributed by atoms with E-state index in [1.807, 2.05) is 48.5 Å². The van der Waals surface area contributed by atoms with Gasteiger partial charge in [0.25, 0.3) is 0 Å². The van der Waals surface area contributed by atoms with Crippen molar-refractivity contribution in [2.24, 2.45) is 0 Å². The molecular formula is C19H21IO4. The van der Waals surface area contributed by atoms with Gasteiger partial charge in [-0.1, -0.05) is 18.2 Å². The summed E-state index contributed by atoms with van der Waals surface area (Å²) in [6.45, 7) is 1.84. The van der Waals surface area contributed by atoms with Crippen LogP contribution in [-0.4, -0.2) is 26.1 Å². The minimum absolute atomic E-state index is 0.0666. The molecule has 0 bridgehead atoms. The molecule has 1 heterocycles. The molecule has 0 aromatic heterocycles. The number of halogens is 1. The van der Waals surface area contributed by atoms with Crippen LogP contribution in [0.3, 0.4) is 0 Å². The van der Waals surface area contributed by atoms with Crippen LogP contribution in [0, 0.1) is 3.57 Å². The lowest BCUT2D eigenvalue weighted by atomic mass is 10.2. The Bertz CT molecular complexity index is 627. The molecule has 1 fully saturated rings. The second-order valence-electron chi connectivity index (χ2n) is 5.52. The van der Waals surface area contributed by atoms with E-state index in [2.05, 4.69) is 22.6 Å². The Morgan fingerprint density at radius 1 is 1.00 bits per heavy atom. The first-order chi connectivity index (χ1) is 11.8. The number of hydrogen-bond acceptors (Lipinski definition) is 4. The van der Waals surface area contributed by atoms with E-state index in [1.165, 1.54) is 6.42 Å². The molecule has 2 aromatic rings. The summed E-state index contributed by atoms with van der Waals surface area (Å²) in [6, 6.07) is 15.5. The fraction of sp³-hybridized carbons (Fsp3) is 0.368. The van der Waals surface area contributed by atoms with Crippen molar-refractivity contribution in [3.8, 4) is 17.2 Å². The molecule has 1 saturated heterocycles. The first kappa shape index (κ1) is 17.5. The maximum atomic E-state index is 5.82. The van der Waals surface area contributed by atoms with Gasteiger partial charge in [0, 0.05) is 6.61 Å². The lowest BCUT2D eigenvalue weighted by Gasteiger charge is -2.22. The van der Waals surface area contributed by atoms with E-state index in [-0.39, 0.29) is 6.29 Å². The quantitative estimate of drug-likeness (QED) is 0.449. The highest BCUT2D eigenvalue weighted by Gasteiger charge is 2.13. The van der Waals surface area contributed by atoms with Gasteiger partial charge in [0.05, 0.1) is 10.2 Å². The molecular weight excluding hydrogens is 419 g/mol. The van der Waals surface area contributed by atoms with Crippen LogP contribution in [0.1, 0.15) is 19.3 Å². The molecule has 0 radical (unpaired) electrons. The van der Waals surface area contributed by atoms with E-state index < -0.39 is 0 Å². The lowest BCUT2D eigenvalue weighted by Crippen LogP contribution is -2.24. The van der Waals surface area contributed by atoms with Gasteiger partial charge in [0.2, 0.25) is 0 Å². The molecule has 0 amide bonds. The molecule has 1 unspecified atom stereocenters. The molecule has 0 saturated carbocycles. The van der Waals surface area contributed by atoms with Crippen molar-refractivity contribution in [3.05, 3.63) is 52.1 Å². The standard InChI is InChI=1S/C19H21IO4/c20-17-14-16(24-15-6-2-1-3-7-15)9-10-18(17)21-12-13-23-19-8-4-5-11-22-19/h1-3,6-7,9-10,14,19H,4-5,8,11-13H2. The van der Waals surface area contributed by atoms with E-state index in [4.69, 9.17) is 18.9 Å².